The van der Waals surface area contributed by atoms with Gasteiger partial charge in [-0.05, 0) is 38.8 Å². The molecular formula is C53H47N7O7S5. The van der Waals surface area contributed by atoms with E-state index in [4.69, 9.17) is 14.3 Å². The van der Waals surface area contributed by atoms with Gasteiger partial charge in [0.15, 0.2) is 21.3 Å². The summed E-state index contributed by atoms with van der Waals surface area (Å²) in [5.74, 6) is -1.64. The van der Waals surface area contributed by atoms with Crippen molar-refractivity contribution in [1.29, 1.82) is 0 Å². The summed E-state index contributed by atoms with van der Waals surface area (Å²) in [7, 11) is 0. The molecule has 72 heavy (non-hydrogen) atoms. The fraction of sp³-hybridized carbons (Fsp3) is 0.208. The zero-order chi connectivity index (χ0) is 50.2. The number of carbonyl (C=O) groups is 4. The highest BCUT2D eigenvalue weighted by molar-refractivity contribution is 8.18. The second-order valence-corrected chi connectivity index (χ2v) is 23.0. The van der Waals surface area contributed by atoms with Crippen LogP contribution in [-0.2, 0) is 34.3 Å². The van der Waals surface area contributed by atoms with Crippen molar-refractivity contribution in [3.63, 3.8) is 0 Å². The summed E-state index contributed by atoms with van der Waals surface area (Å²) >= 11 is 6.85. The molecule has 0 saturated carbocycles. The van der Waals surface area contributed by atoms with E-state index in [9.17, 15) is 19.2 Å². The molecule has 2 atom stereocenters. The van der Waals surface area contributed by atoms with Crippen molar-refractivity contribution < 1.29 is 33.5 Å². The van der Waals surface area contributed by atoms with Crippen molar-refractivity contribution in [2.24, 2.45) is 5.16 Å². The summed E-state index contributed by atoms with van der Waals surface area (Å²) in [6.45, 7) is 7.12. The lowest BCUT2D eigenvalue weighted by Crippen LogP contribution is -2.71. The van der Waals surface area contributed by atoms with Gasteiger partial charge in [0.05, 0.1) is 5.08 Å². The van der Waals surface area contributed by atoms with E-state index in [1.807, 2.05) is 159 Å². The van der Waals surface area contributed by atoms with Crippen LogP contribution in [0.3, 0.4) is 0 Å². The van der Waals surface area contributed by atoms with Gasteiger partial charge in [-0.2, -0.15) is 0 Å². The number of β-lactam (4-membered cyclic amide) rings is 1. The maximum absolute atomic E-state index is 15.0. The Morgan fingerprint density at radius 2 is 1.35 bits per heavy atom. The summed E-state index contributed by atoms with van der Waals surface area (Å²) in [5.41, 5.74) is 1.41. The molecule has 0 bridgehead atoms. The number of nitrogens with zero attached hydrogens (tertiary/aromatic N) is 5. The topological polar surface area (TPSA) is 174 Å². The molecule has 9 rings (SSSR count). The third-order valence-corrected chi connectivity index (χ3v) is 16.6. The molecule has 0 aliphatic carbocycles. The normalized spacial score (nSPS) is 15.9. The standard InChI is InChI=1S/C53H47N7O7S5/c1-33-57-58-51(72-33)71-32-70-40-31-68-47-42(46(62)60(47)43(40)48(63)65-44(34-20-10-5-11-21-34)35-22-12-6-13-23-35)55-45(61)41(39-30-69-49(54-39)56-50(64)66-52(2,3)4)59-67-53(36-24-14-7-15-25-36,37-26-16-8-17-27-37)38-28-18-9-19-29-38/h5-30,42,44,47H,31-32H2,1-4H3,(H,55,61)(H,54,56,64)/b59-41+/t42-,47-/m1/s1. The highest BCUT2D eigenvalue weighted by atomic mass is 32.2. The molecule has 14 nitrogen and oxygen atoms in total. The Kier molecular flexibility index (Phi) is 15.6. The Bertz CT molecular complexity index is 2960. The summed E-state index contributed by atoms with van der Waals surface area (Å²) in [6.07, 6.45) is -1.51. The van der Waals surface area contributed by atoms with E-state index in [0.29, 0.717) is 15.7 Å². The van der Waals surface area contributed by atoms with E-state index in [1.54, 1.807) is 26.2 Å². The number of ether oxygens (including phenoxy) is 2. The summed E-state index contributed by atoms with van der Waals surface area (Å²) in [6, 6.07) is 46.3. The number of rotatable bonds is 17. The van der Waals surface area contributed by atoms with Crippen LogP contribution in [0.2, 0.25) is 0 Å². The number of hydrogen-bond donors (Lipinski definition) is 2. The number of thiazole rings is 1. The van der Waals surface area contributed by atoms with Crippen molar-refractivity contribution in [1.82, 2.24) is 25.4 Å². The third-order valence-electron chi connectivity index (χ3n) is 11.2. The van der Waals surface area contributed by atoms with Gasteiger partial charge < -0.3 is 19.6 Å². The fourth-order valence-corrected chi connectivity index (χ4v) is 13.4. The van der Waals surface area contributed by atoms with E-state index >= 15 is 0 Å². The lowest BCUT2D eigenvalue weighted by molar-refractivity contribution is -0.154. The Morgan fingerprint density at radius 3 is 1.88 bits per heavy atom. The third kappa shape index (κ3) is 11.3. The van der Waals surface area contributed by atoms with Crippen LogP contribution in [0.15, 0.2) is 177 Å². The zero-order valence-corrected chi connectivity index (χ0v) is 43.4. The highest BCUT2D eigenvalue weighted by Gasteiger charge is 2.55. The number of aryl methyl sites for hydroxylation is 1. The first-order chi connectivity index (χ1) is 34.9. The molecule has 7 aromatic rings. The number of benzene rings is 5. The van der Waals surface area contributed by atoms with E-state index in [2.05, 4.69) is 31.0 Å². The molecule has 0 unspecified atom stereocenters. The molecule has 2 aliphatic heterocycles. The number of anilines is 1. The molecule has 1 saturated heterocycles. The minimum absolute atomic E-state index is 0.0606. The second-order valence-electron chi connectivity index (χ2n) is 17.2. The van der Waals surface area contributed by atoms with Crippen LogP contribution in [-0.4, -0.2) is 77.5 Å². The molecule has 3 amide bonds. The number of aromatic nitrogens is 3. The highest BCUT2D eigenvalue weighted by Crippen LogP contribution is 2.46. The lowest BCUT2D eigenvalue weighted by Gasteiger charge is -2.49. The van der Waals surface area contributed by atoms with E-state index in [1.165, 1.54) is 51.5 Å². The molecular weight excluding hydrogens is 1010 g/mol. The van der Waals surface area contributed by atoms with Crippen LogP contribution in [0.1, 0.15) is 65.4 Å². The molecule has 1 fully saturated rings. The van der Waals surface area contributed by atoms with Crippen molar-refractivity contribution in [3.8, 4) is 0 Å². The molecule has 19 heteroatoms. The largest absolute Gasteiger partial charge is 0.448 e. The van der Waals surface area contributed by atoms with Gasteiger partial charge in [0.1, 0.15) is 33.4 Å². The summed E-state index contributed by atoms with van der Waals surface area (Å²) in [4.78, 5) is 70.7. The zero-order valence-electron chi connectivity index (χ0n) is 39.3. The second kappa shape index (κ2) is 22.3. The molecule has 0 spiro atoms. The number of esters is 1. The van der Waals surface area contributed by atoms with Gasteiger partial charge in [0.25, 0.3) is 11.8 Å². The van der Waals surface area contributed by atoms with Crippen molar-refractivity contribution in [3.05, 3.63) is 206 Å². The first kappa shape index (κ1) is 50.2. The maximum Gasteiger partial charge on any atom is 0.413 e. The van der Waals surface area contributed by atoms with Crippen LogP contribution in [0.25, 0.3) is 0 Å². The molecule has 5 aromatic carbocycles. The average molecular weight is 1050 g/mol. The van der Waals surface area contributed by atoms with Crippen molar-refractivity contribution in [2.45, 2.75) is 60.8 Å². The predicted octanol–water partition coefficient (Wildman–Crippen LogP) is 10.8. The van der Waals surface area contributed by atoms with Crippen molar-refractivity contribution in [2.75, 3.05) is 16.2 Å². The van der Waals surface area contributed by atoms with Gasteiger partial charge in [-0.15, -0.1) is 45.1 Å². The molecule has 4 heterocycles. The number of amides is 3. The maximum atomic E-state index is 15.0. The lowest BCUT2D eigenvalue weighted by atomic mass is 9.80. The first-order valence-electron chi connectivity index (χ1n) is 22.6. The number of nitrogens with one attached hydrogen (secondary N) is 2. The number of oxime groups is 1. The first-order valence-corrected chi connectivity index (χ1v) is 27.3. The van der Waals surface area contributed by atoms with Crippen LogP contribution in [0, 0.1) is 6.92 Å². The Morgan fingerprint density at radius 1 is 0.792 bits per heavy atom. The van der Waals surface area contributed by atoms with E-state index in [-0.39, 0.29) is 22.2 Å². The molecule has 2 N–H and O–H groups in total. The minimum atomic E-state index is -1.39. The molecule has 0 radical (unpaired) electrons. The van der Waals surface area contributed by atoms with Gasteiger partial charge in [-0.1, -0.05) is 180 Å². The summed E-state index contributed by atoms with van der Waals surface area (Å²) < 4.78 is 12.6. The van der Waals surface area contributed by atoms with Crippen molar-refractivity contribution >= 4 is 92.7 Å². The van der Waals surface area contributed by atoms with Crippen LogP contribution < -0.4 is 10.6 Å². The quantitative estimate of drug-likeness (QED) is 0.0168. The number of fused-ring (bicyclic) bond motifs is 1. The fourth-order valence-electron chi connectivity index (χ4n) is 7.96. The van der Waals surface area contributed by atoms with Crippen LogP contribution in [0.5, 0.6) is 0 Å². The Balaban J connectivity index is 1.05. The minimum Gasteiger partial charge on any atom is -0.448 e. The van der Waals surface area contributed by atoms with Gasteiger partial charge in [-0.3, -0.25) is 19.8 Å². The van der Waals surface area contributed by atoms with E-state index < -0.39 is 52.6 Å². The Labute approximate surface area is 437 Å². The van der Waals surface area contributed by atoms with Gasteiger partial charge in [0.2, 0.25) is 5.60 Å². The number of thioether (sulfide) groups is 3. The molecule has 366 valence electrons. The molecule has 2 aromatic heterocycles. The van der Waals surface area contributed by atoms with Gasteiger partial charge in [-0.25, -0.2) is 14.6 Å². The van der Waals surface area contributed by atoms with Crippen LogP contribution in [0.4, 0.5) is 9.93 Å². The number of carbonyl (C=O) groups excluding carboxylic acids is 4. The number of hydrogen-bond acceptors (Lipinski definition) is 16. The van der Waals surface area contributed by atoms with E-state index in [0.717, 1.165) is 48.5 Å². The predicted molar refractivity (Wildman–Crippen MR) is 285 cm³/mol. The van der Waals surface area contributed by atoms with Gasteiger partial charge in [0, 0.05) is 32.7 Å². The molecule has 2 aliphatic rings. The van der Waals surface area contributed by atoms with Crippen LogP contribution >= 0.6 is 58.0 Å². The smallest absolute Gasteiger partial charge is 0.413 e. The van der Waals surface area contributed by atoms with Gasteiger partial charge >= 0.3 is 12.1 Å². The average Bonchev–Trinajstić information content (AvgIpc) is 4.04. The monoisotopic (exact) mass is 1050 g/mol. The summed E-state index contributed by atoms with van der Waals surface area (Å²) in [5, 5.41) is 20.9. The SMILES string of the molecule is Cc1nnc(SCSC2=C(C(=O)OC(c3ccccc3)c3ccccc3)N3C(=O)[C@@H](NC(=O)/C(=N/OC(c4ccccc4)(c4ccccc4)c4ccccc4)c4csc(NC(=O)OC(C)(C)C)n4)[C@H]3SC2)s1. The Hall–Kier alpha value is -6.77.